The number of pyridine rings is 1. The fourth-order valence-corrected chi connectivity index (χ4v) is 3.43. The zero-order valence-corrected chi connectivity index (χ0v) is 14.3. The van der Waals surface area contributed by atoms with Crippen LogP contribution in [0.5, 0.6) is 5.75 Å². The lowest BCUT2D eigenvalue weighted by Crippen LogP contribution is -2.36. The van der Waals surface area contributed by atoms with E-state index in [-0.39, 0.29) is 6.61 Å². The Labute approximate surface area is 148 Å². The molecule has 1 saturated heterocycles. The van der Waals surface area contributed by atoms with Crippen LogP contribution in [0.3, 0.4) is 0 Å². The van der Waals surface area contributed by atoms with E-state index in [2.05, 4.69) is 16.0 Å². The lowest BCUT2D eigenvalue weighted by molar-refractivity contribution is -0.139. The first-order valence-corrected chi connectivity index (χ1v) is 8.75. The minimum atomic E-state index is -0.955. The zero-order chi connectivity index (χ0) is 17.5. The molecule has 1 fully saturated rings. The van der Waals surface area contributed by atoms with E-state index >= 15 is 0 Å². The van der Waals surface area contributed by atoms with Crippen molar-refractivity contribution in [2.45, 2.75) is 25.8 Å². The van der Waals surface area contributed by atoms with E-state index in [1.165, 1.54) is 12.8 Å². The number of para-hydroxylation sites is 1. The average Bonchev–Trinajstić information content (AvgIpc) is 2.62. The molecule has 2 aromatic rings. The maximum absolute atomic E-state index is 10.7. The number of nitrogens with zero attached hydrogens (tertiary/aromatic N) is 2. The average molecular weight is 340 g/mol. The van der Waals surface area contributed by atoms with Gasteiger partial charge in [-0.05, 0) is 49.9 Å². The lowest BCUT2D eigenvalue weighted by atomic mass is 9.93. The molecule has 0 saturated carbocycles. The van der Waals surface area contributed by atoms with Crippen LogP contribution in [0.25, 0.3) is 0 Å². The van der Waals surface area contributed by atoms with Crippen LogP contribution in [0.15, 0.2) is 48.7 Å². The molecule has 0 bridgehead atoms. The first-order chi connectivity index (χ1) is 12.2. The summed E-state index contributed by atoms with van der Waals surface area (Å²) in [6.07, 6.45) is 5.26. The third kappa shape index (κ3) is 5.29. The van der Waals surface area contributed by atoms with Gasteiger partial charge in [0.15, 0.2) is 6.61 Å². The molecule has 0 aliphatic carbocycles. The van der Waals surface area contributed by atoms with Gasteiger partial charge in [-0.25, -0.2) is 4.79 Å². The summed E-state index contributed by atoms with van der Waals surface area (Å²) in [6.45, 7) is 2.57. The molecule has 2 heterocycles. The van der Waals surface area contributed by atoms with Gasteiger partial charge in [-0.1, -0.05) is 24.3 Å². The van der Waals surface area contributed by atoms with Crippen molar-refractivity contribution in [3.8, 4) is 5.75 Å². The predicted octanol–water partition coefficient (Wildman–Crippen LogP) is 3.00. The molecule has 5 heteroatoms. The minimum Gasteiger partial charge on any atom is -0.482 e. The van der Waals surface area contributed by atoms with Crippen molar-refractivity contribution in [2.75, 3.05) is 19.7 Å². The molecule has 25 heavy (non-hydrogen) atoms. The second kappa shape index (κ2) is 8.62. The van der Waals surface area contributed by atoms with Crippen LogP contribution in [0.4, 0.5) is 0 Å². The Balaban J connectivity index is 1.60. The van der Waals surface area contributed by atoms with Crippen LogP contribution < -0.4 is 4.74 Å². The van der Waals surface area contributed by atoms with Crippen molar-refractivity contribution < 1.29 is 14.6 Å². The van der Waals surface area contributed by atoms with Crippen molar-refractivity contribution in [3.63, 3.8) is 0 Å². The molecule has 1 aliphatic rings. The predicted molar refractivity (Wildman–Crippen MR) is 95.5 cm³/mol. The molecule has 0 radical (unpaired) electrons. The van der Waals surface area contributed by atoms with E-state index in [4.69, 9.17) is 9.84 Å². The Morgan fingerprint density at radius 1 is 1.24 bits per heavy atom. The van der Waals surface area contributed by atoms with Gasteiger partial charge in [-0.2, -0.15) is 0 Å². The van der Waals surface area contributed by atoms with Gasteiger partial charge in [0.05, 0.1) is 0 Å². The summed E-state index contributed by atoms with van der Waals surface area (Å²) >= 11 is 0. The highest BCUT2D eigenvalue weighted by Gasteiger charge is 2.21. The van der Waals surface area contributed by atoms with Gasteiger partial charge in [0.2, 0.25) is 0 Å². The normalized spacial score (nSPS) is 18.0. The standard InChI is InChI=1S/C20H24N2O3/c23-20(24)15-25-19-9-2-1-7-17(19)14-22-11-5-6-16(13-22)12-18-8-3-4-10-21-18/h1-4,7-10,16H,5-6,11-15H2,(H,23,24)/t16-/m0/s1. The van der Waals surface area contributed by atoms with Crippen LogP contribution in [0, 0.1) is 5.92 Å². The van der Waals surface area contributed by atoms with Gasteiger partial charge in [0, 0.05) is 30.5 Å². The quantitative estimate of drug-likeness (QED) is 0.839. The number of benzene rings is 1. The van der Waals surface area contributed by atoms with Crippen LogP contribution in [-0.2, 0) is 17.8 Å². The van der Waals surface area contributed by atoms with E-state index in [1.54, 1.807) is 0 Å². The first-order valence-electron chi connectivity index (χ1n) is 8.75. The monoisotopic (exact) mass is 340 g/mol. The van der Waals surface area contributed by atoms with Crippen molar-refractivity contribution in [2.24, 2.45) is 5.92 Å². The molecule has 132 valence electrons. The van der Waals surface area contributed by atoms with Crippen LogP contribution in [0.1, 0.15) is 24.1 Å². The van der Waals surface area contributed by atoms with Gasteiger partial charge >= 0.3 is 5.97 Å². The van der Waals surface area contributed by atoms with Gasteiger partial charge < -0.3 is 9.84 Å². The number of carbonyl (C=O) groups is 1. The highest BCUT2D eigenvalue weighted by atomic mass is 16.5. The summed E-state index contributed by atoms with van der Waals surface area (Å²) in [5.41, 5.74) is 2.20. The lowest BCUT2D eigenvalue weighted by Gasteiger charge is -2.33. The number of rotatable bonds is 7. The highest BCUT2D eigenvalue weighted by Crippen LogP contribution is 2.25. The topological polar surface area (TPSA) is 62.7 Å². The zero-order valence-electron chi connectivity index (χ0n) is 14.3. The largest absolute Gasteiger partial charge is 0.482 e. The molecule has 1 aromatic carbocycles. The smallest absolute Gasteiger partial charge is 0.341 e. The molecular formula is C20H24N2O3. The Kier molecular flexibility index (Phi) is 6.01. The number of aliphatic carboxylic acids is 1. The van der Waals surface area contributed by atoms with Crippen molar-refractivity contribution in [1.29, 1.82) is 0 Å². The number of carboxylic acids is 1. The number of hydrogen-bond acceptors (Lipinski definition) is 4. The van der Waals surface area contributed by atoms with Crippen molar-refractivity contribution in [1.82, 2.24) is 9.88 Å². The number of ether oxygens (including phenoxy) is 1. The van der Waals surface area contributed by atoms with E-state index in [0.717, 1.165) is 37.3 Å². The van der Waals surface area contributed by atoms with E-state index in [0.29, 0.717) is 11.7 Å². The molecule has 1 atom stereocenters. The molecule has 3 rings (SSSR count). The highest BCUT2D eigenvalue weighted by molar-refractivity contribution is 5.68. The molecule has 0 unspecified atom stereocenters. The number of likely N-dealkylation sites (tertiary alicyclic amines) is 1. The van der Waals surface area contributed by atoms with Crippen LogP contribution in [-0.4, -0.2) is 40.7 Å². The summed E-state index contributed by atoms with van der Waals surface area (Å²) in [4.78, 5) is 17.6. The van der Waals surface area contributed by atoms with E-state index < -0.39 is 5.97 Å². The van der Waals surface area contributed by atoms with Gasteiger partial charge in [-0.15, -0.1) is 0 Å². The Morgan fingerprint density at radius 3 is 2.88 bits per heavy atom. The SMILES string of the molecule is O=C(O)COc1ccccc1CN1CCC[C@@H](Cc2ccccn2)C1. The fourth-order valence-electron chi connectivity index (χ4n) is 3.43. The second-order valence-corrected chi connectivity index (χ2v) is 6.56. The van der Waals surface area contributed by atoms with Crippen LogP contribution in [0.2, 0.25) is 0 Å². The molecule has 1 aromatic heterocycles. The Bertz CT molecular complexity index is 690. The molecule has 0 spiro atoms. The minimum absolute atomic E-state index is 0.306. The maximum atomic E-state index is 10.7. The van der Waals surface area contributed by atoms with Crippen molar-refractivity contribution >= 4 is 5.97 Å². The fraction of sp³-hybridized carbons (Fsp3) is 0.400. The second-order valence-electron chi connectivity index (χ2n) is 6.56. The Hall–Kier alpha value is -2.40. The molecule has 0 amide bonds. The third-order valence-electron chi connectivity index (χ3n) is 4.54. The Morgan fingerprint density at radius 2 is 2.08 bits per heavy atom. The molecule has 1 N–H and O–H groups in total. The van der Waals surface area contributed by atoms with Gasteiger partial charge in [0.25, 0.3) is 0 Å². The summed E-state index contributed by atoms with van der Waals surface area (Å²) in [5.74, 6) is 0.315. The number of carboxylic acid groups (broad SMARTS) is 1. The summed E-state index contributed by atoms with van der Waals surface area (Å²) in [6, 6.07) is 13.8. The number of piperidine rings is 1. The first kappa shape index (κ1) is 17.4. The van der Waals surface area contributed by atoms with E-state index in [9.17, 15) is 4.79 Å². The summed E-state index contributed by atoms with van der Waals surface area (Å²) in [7, 11) is 0. The summed E-state index contributed by atoms with van der Waals surface area (Å²) < 4.78 is 5.43. The number of hydrogen-bond donors (Lipinski definition) is 1. The summed E-state index contributed by atoms with van der Waals surface area (Å²) in [5, 5.41) is 8.82. The van der Waals surface area contributed by atoms with Gasteiger partial charge in [-0.3, -0.25) is 9.88 Å². The maximum Gasteiger partial charge on any atom is 0.341 e. The van der Waals surface area contributed by atoms with Crippen molar-refractivity contribution in [3.05, 3.63) is 59.9 Å². The molecule has 5 nitrogen and oxygen atoms in total. The van der Waals surface area contributed by atoms with Gasteiger partial charge in [0.1, 0.15) is 5.75 Å². The molecule has 1 aliphatic heterocycles. The van der Waals surface area contributed by atoms with E-state index in [1.807, 2.05) is 42.6 Å². The third-order valence-corrected chi connectivity index (χ3v) is 4.54. The van der Waals surface area contributed by atoms with Crippen LogP contribution >= 0.6 is 0 Å². The number of aromatic nitrogens is 1. The molecular weight excluding hydrogens is 316 g/mol.